The third-order valence-corrected chi connectivity index (χ3v) is 2.62. The van der Waals surface area contributed by atoms with Crippen molar-refractivity contribution in [3.63, 3.8) is 0 Å². The molecule has 0 N–H and O–H groups in total. The van der Waals surface area contributed by atoms with E-state index in [4.69, 9.17) is 4.74 Å². The summed E-state index contributed by atoms with van der Waals surface area (Å²) in [6.45, 7) is 2.94. The lowest BCUT2D eigenvalue weighted by molar-refractivity contribution is -0.870. The van der Waals surface area contributed by atoms with Crippen molar-refractivity contribution in [2.75, 3.05) is 34.3 Å². The fourth-order valence-electron chi connectivity index (χ4n) is 1.26. The molecule has 2 atom stereocenters. The Balaban J connectivity index is 4.87. The molecule has 0 aromatic carbocycles. The molecule has 132 valence electrons. The number of ketones is 1. The largest absolute Gasteiger partial charge is 0.546 e. The first-order valence-electron chi connectivity index (χ1n) is 7.03. The highest BCUT2D eigenvalue weighted by molar-refractivity contribution is 6.32. The van der Waals surface area contributed by atoms with E-state index >= 15 is 0 Å². The van der Waals surface area contributed by atoms with E-state index in [9.17, 15) is 24.3 Å². The highest BCUT2D eigenvalue weighted by Gasteiger charge is 2.30. The van der Waals surface area contributed by atoms with Crippen LogP contribution in [0.2, 0.25) is 0 Å². The first-order chi connectivity index (χ1) is 10.5. The molecule has 0 aliphatic heterocycles. The molecule has 0 spiro atoms. The van der Waals surface area contributed by atoms with Crippen molar-refractivity contribution in [3.05, 3.63) is 0 Å². The molecule has 0 rings (SSSR count). The molecular formula is C14H23NO8. The zero-order valence-electron chi connectivity index (χ0n) is 14.0. The number of carbonyl (C=O) groups excluding carboxylic acids is 4. The number of hydrogen-bond donors (Lipinski definition) is 0. The number of rotatable bonds is 10. The van der Waals surface area contributed by atoms with E-state index in [0.29, 0.717) is 11.0 Å². The van der Waals surface area contributed by atoms with Crippen LogP contribution in [-0.4, -0.2) is 74.9 Å². The minimum Gasteiger partial charge on any atom is -0.546 e. The van der Waals surface area contributed by atoms with Gasteiger partial charge in [0, 0.05) is 6.92 Å². The van der Waals surface area contributed by atoms with Gasteiger partial charge >= 0.3 is 18.2 Å². The molecule has 0 aliphatic carbocycles. The summed E-state index contributed by atoms with van der Waals surface area (Å²) in [6, 6.07) is 0. The number of quaternary nitrogens is 1. The van der Waals surface area contributed by atoms with Gasteiger partial charge in [0.05, 0.1) is 27.1 Å². The summed E-state index contributed by atoms with van der Waals surface area (Å²) in [5.74, 6) is -5.00. The van der Waals surface area contributed by atoms with Crippen molar-refractivity contribution in [3.8, 4) is 0 Å². The maximum Gasteiger partial charge on any atom is 0.377 e. The average molecular weight is 333 g/mol. The number of Topliss-reactive ketones (excluding diaryl/α,β-unsaturated/α-hetero) is 1. The summed E-state index contributed by atoms with van der Waals surface area (Å²) < 4.78 is 14.9. The summed E-state index contributed by atoms with van der Waals surface area (Å²) in [5, 5.41) is 10.8. The molecule has 0 fully saturated rings. The van der Waals surface area contributed by atoms with Crippen LogP contribution in [0.15, 0.2) is 0 Å². The predicted molar refractivity (Wildman–Crippen MR) is 74.6 cm³/mol. The monoisotopic (exact) mass is 333 g/mol. The summed E-state index contributed by atoms with van der Waals surface area (Å²) in [5.41, 5.74) is 0. The summed E-state index contributed by atoms with van der Waals surface area (Å²) in [7, 11) is 5.63. The van der Waals surface area contributed by atoms with Crippen LogP contribution in [-0.2, 0) is 33.4 Å². The molecular weight excluding hydrogens is 310 g/mol. The van der Waals surface area contributed by atoms with Gasteiger partial charge in [0.2, 0.25) is 5.78 Å². The van der Waals surface area contributed by atoms with E-state index in [1.54, 1.807) is 0 Å². The van der Waals surface area contributed by atoms with E-state index in [2.05, 4.69) is 9.47 Å². The Hall–Kier alpha value is -2.00. The SMILES string of the molecule is CCC(OC(=O)C(OCC[N+](C)(C)C)OC(=O)C(C)=O)C(=O)[O-]. The highest BCUT2D eigenvalue weighted by atomic mass is 16.7. The molecule has 23 heavy (non-hydrogen) atoms. The van der Waals surface area contributed by atoms with Gasteiger partial charge in [-0.25, -0.2) is 9.59 Å². The Kier molecular flexibility index (Phi) is 8.41. The van der Waals surface area contributed by atoms with Crippen molar-refractivity contribution in [1.82, 2.24) is 0 Å². The van der Waals surface area contributed by atoms with Crippen LogP contribution < -0.4 is 5.11 Å². The van der Waals surface area contributed by atoms with Gasteiger partial charge in [0.1, 0.15) is 19.3 Å². The first kappa shape index (κ1) is 21.0. The highest BCUT2D eigenvalue weighted by Crippen LogP contribution is 2.06. The minimum atomic E-state index is -1.81. The summed E-state index contributed by atoms with van der Waals surface area (Å²) >= 11 is 0. The van der Waals surface area contributed by atoms with Gasteiger partial charge in [0.25, 0.3) is 0 Å². The minimum absolute atomic E-state index is 0.0244. The predicted octanol–water partition coefficient (Wildman–Crippen LogP) is -1.76. The quantitative estimate of drug-likeness (QED) is 0.200. The molecule has 0 radical (unpaired) electrons. The van der Waals surface area contributed by atoms with Crippen LogP contribution in [0.25, 0.3) is 0 Å². The summed E-state index contributed by atoms with van der Waals surface area (Å²) in [6.07, 6.45) is -3.34. The molecule has 9 heteroatoms. The van der Waals surface area contributed by atoms with Gasteiger partial charge in [-0.2, -0.15) is 0 Å². The van der Waals surface area contributed by atoms with Gasteiger partial charge < -0.3 is 28.6 Å². The standard InChI is InChI=1S/C14H23NO8/c1-6-10(11(17)18)22-13(20)14(23-12(19)9(2)16)21-8-7-15(3,4)5/h10,14H,6-8H2,1-5H3. The Morgan fingerprint density at radius 2 is 1.65 bits per heavy atom. The van der Waals surface area contributed by atoms with E-state index < -0.39 is 36.1 Å². The first-order valence-corrected chi connectivity index (χ1v) is 7.03. The number of carboxylic acid groups (broad SMARTS) is 1. The zero-order chi connectivity index (χ0) is 18.2. The van der Waals surface area contributed by atoms with Gasteiger partial charge in [-0.05, 0) is 6.42 Å². The van der Waals surface area contributed by atoms with Crippen LogP contribution in [0.3, 0.4) is 0 Å². The van der Waals surface area contributed by atoms with E-state index in [1.165, 1.54) is 6.92 Å². The number of aliphatic carboxylic acids is 1. The molecule has 9 nitrogen and oxygen atoms in total. The Labute approximate surface area is 134 Å². The Bertz CT molecular complexity index is 454. The molecule has 0 saturated carbocycles. The van der Waals surface area contributed by atoms with Crippen LogP contribution in [0.5, 0.6) is 0 Å². The van der Waals surface area contributed by atoms with E-state index in [-0.39, 0.29) is 13.0 Å². The number of hydrogen-bond acceptors (Lipinski definition) is 8. The second kappa shape index (κ2) is 9.21. The average Bonchev–Trinajstić information content (AvgIpc) is 2.41. The van der Waals surface area contributed by atoms with Gasteiger partial charge in [-0.15, -0.1) is 0 Å². The zero-order valence-corrected chi connectivity index (χ0v) is 14.0. The van der Waals surface area contributed by atoms with Crippen molar-refractivity contribution in [1.29, 1.82) is 0 Å². The van der Waals surface area contributed by atoms with Gasteiger partial charge in [-0.1, -0.05) is 6.92 Å². The van der Waals surface area contributed by atoms with E-state index in [0.717, 1.165) is 6.92 Å². The number of ether oxygens (including phenoxy) is 3. The number of likely N-dealkylation sites (N-methyl/N-ethyl adjacent to an activating group) is 1. The lowest BCUT2D eigenvalue weighted by Gasteiger charge is -2.25. The molecule has 0 saturated heterocycles. The number of nitrogens with zero attached hydrogens (tertiary/aromatic N) is 1. The van der Waals surface area contributed by atoms with Crippen LogP contribution in [0.1, 0.15) is 20.3 Å². The molecule has 0 aromatic rings. The maximum absolute atomic E-state index is 11.9. The van der Waals surface area contributed by atoms with Crippen molar-refractivity contribution in [2.24, 2.45) is 0 Å². The van der Waals surface area contributed by atoms with Gasteiger partial charge in [-0.3, -0.25) is 4.79 Å². The topological polar surface area (TPSA) is 119 Å². The smallest absolute Gasteiger partial charge is 0.377 e. The van der Waals surface area contributed by atoms with Crippen LogP contribution in [0.4, 0.5) is 0 Å². The second-order valence-corrected chi connectivity index (χ2v) is 5.83. The molecule has 0 heterocycles. The van der Waals surface area contributed by atoms with E-state index in [1.807, 2.05) is 21.1 Å². The molecule has 2 unspecified atom stereocenters. The lowest BCUT2D eigenvalue weighted by atomic mass is 10.3. The molecule has 0 aromatic heterocycles. The Morgan fingerprint density at radius 1 is 1.09 bits per heavy atom. The normalized spacial score (nSPS) is 13.8. The van der Waals surface area contributed by atoms with Crippen molar-refractivity contribution in [2.45, 2.75) is 32.7 Å². The van der Waals surface area contributed by atoms with Crippen LogP contribution >= 0.6 is 0 Å². The fourth-order valence-corrected chi connectivity index (χ4v) is 1.26. The number of carboxylic acids is 1. The fraction of sp³-hybridized carbons (Fsp3) is 0.714. The van der Waals surface area contributed by atoms with Crippen molar-refractivity contribution >= 4 is 23.7 Å². The molecule has 0 amide bonds. The molecule has 0 aliphatic rings. The number of carbonyl (C=O) groups is 4. The van der Waals surface area contributed by atoms with Gasteiger partial charge in [0.15, 0.2) is 0 Å². The molecule has 0 bridgehead atoms. The van der Waals surface area contributed by atoms with Crippen molar-refractivity contribution < 1.29 is 43.0 Å². The van der Waals surface area contributed by atoms with Crippen LogP contribution in [0, 0.1) is 0 Å². The summed E-state index contributed by atoms with van der Waals surface area (Å²) in [4.78, 5) is 44.9. The third-order valence-electron chi connectivity index (χ3n) is 2.62. The Morgan fingerprint density at radius 3 is 2.04 bits per heavy atom. The number of esters is 2. The third kappa shape index (κ3) is 8.89. The lowest BCUT2D eigenvalue weighted by Crippen LogP contribution is -2.44. The second-order valence-electron chi connectivity index (χ2n) is 5.83. The maximum atomic E-state index is 11.9.